The predicted octanol–water partition coefficient (Wildman–Crippen LogP) is 5.66. The van der Waals surface area contributed by atoms with Crippen LogP contribution in [0, 0.1) is 6.92 Å². The Morgan fingerprint density at radius 3 is 2.46 bits per heavy atom. The Bertz CT molecular complexity index is 1520. The van der Waals surface area contributed by atoms with E-state index in [1.165, 1.54) is 9.95 Å². The maximum atomic E-state index is 13.7. The molecule has 188 valence electrons. The van der Waals surface area contributed by atoms with Crippen molar-refractivity contribution in [2.75, 3.05) is 6.61 Å². The van der Waals surface area contributed by atoms with Crippen LogP contribution in [0.1, 0.15) is 43.7 Å². The largest absolute Gasteiger partial charge is 0.415 e. The molecule has 0 unspecified atom stereocenters. The molecule has 0 aliphatic rings. The third kappa shape index (κ3) is 4.59. The fraction of sp³-hybridized carbons (Fsp3) is 0.481. The minimum atomic E-state index is -1.98. The zero-order valence-electron chi connectivity index (χ0n) is 22.2. The number of aromatic nitrogens is 3. The number of fused-ring (bicyclic) bond motifs is 2. The molecule has 0 aliphatic heterocycles. The van der Waals surface area contributed by atoms with Crippen molar-refractivity contribution in [3.8, 4) is 0 Å². The number of benzene rings is 1. The molecule has 0 spiro atoms. The Labute approximate surface area is 211 Å². The molecule has 0 fully saturated rings. The lowest BCUT2D eigenvalue weighted by atomic mass is 10.1. The highest BCUT2D eigenvalue weighted by Crippen LogP contribution is 2.36. The first-order valence-electron chi connectivity index (χ1n) is 12.3. The van der Waals surface area contributed by atoms with Crippen LogP contribution in [-0.2, 0) is 31.0 Å². The van der Waals surface area contributed by atoms with E-state index in [0.29, 0.717) is 18.5 Å². The highest BCUT2D eigenvalue weighted by molar-refractivity contribution is 7.18. The van der Waals surface area contributed by atoms with E-state index in [1.807, 2.05) is 20.2 Å². The molecule has 0 radical (unpaired) electrons. The molecular weight excluding hydrogens is 474 g/mol. The third-order valence-corrected chi connectivity index (χ3v) is 13.6. The second kappa shape index (κ2) is 9.22. The van der Waals surface area contributed by atoms with Gasteiger partial charge in [0.2, 0.25) is 0 Å². The summed E-state index contributed by atoms with van der Waals surface area (Å²) >= 11 is 1.57. The van der Waals surface area contributed by atoms with Gasteiger partial charge in [-0.05, 0) is 60.1 Å². The summed E-state index contributed by atoms with van der Waals surface area (Å²) in [5.41, 5.74) is 2.68. The molecule has 4 aromatic rings. The fourth-order valence-corrected chi connectivity index (χ4v) is 6.57. The number of rotatable bonds is 7. The van der Waals surface area contributed by atoms with Gasteiger partial charge in [0.1, 0.15) is 4.83 Å². The average Bonchev–Trinajstić information content (AvgIpc) is 3.32. The van der Waals surface area contributed by atoms with E-state index in [-0.39, 0.29) is 22.8 Å². The summed E-state index contributed by atoms with van der Waals surface area (Å²) in [5, 5.41) is 1.90. The van der Waals surface area contributed by atoms with E-state index in [4.69, 9.17) is 4.43 Å². The summed E-state index contributed by atoms with van der Waals surface area (Å²) in [6.45, 7) is 16.1. The monoisotopic (exact) mass is 511 g/mol. The van der Waals surface area contributed by atoms with Crippen LogP contribution in [-0.4, -0.2) is 28.6 Å². The Kier molecular flexibility index (Phi) is 6.76. The number of hydrogen-bond acceptors (Lipinski definition) is 4. The van der Waals surface area contributed by atoms with Crippen molar-refractivity contribution in [2.45, 2.75) is 72.3 Å². The first-order chi connectivity index (χ1) is 16.4. The molecule has 4 rings (SSSR count). The number of thiophene rings is 1. The molecule has 3 aromatic heterocycles. The highest BCUT2D eigenvalue weighted by Gasteiger charge is 2.37. The van der Waals surface area contributed by atoms with Gasteiger partial charge in [0.15, 0.2) is 8.32 Å². The van der Waals surface area contributed by atoms with Gasteiger partial charge in [-0.3, -0.25) is 13.9 Å². The van der Waals surface area contributed by atoms with E-state index in [9.17, 15) is 9.59 Å². The minimum absolute atomic E-state index is 0.0671. The van der Waals surface area contributed by atoms with Gasteiger partial charge >= 0.3 is 5.69 Å². The maximum Gasteiger partial charge on any atom is 0.332 e. The molecular formula is C27H37N3O3SSi. The molecule has 0 amide bonds. The summed E-state index contributed by atoms with van der Waals surface area (Å²) in [6.07, 6.45) is 2.88. The molecule has 35 heavy (non-hydrogen) atoms. The highest BCUT2D eigenvalue weighted by atomic mass is 32.1. The molecule has 0 aliphatic carbocycles. The van der Waals surface area contributed by atoms with Gasteiger partial charge in [0.25, 0.3) is 5.56 Å². The summed E-state index contributed by atoms with van der Waals surface area (Å²) < 4.78 is 11.6. The molecule has 0 saturated carbocycles. The fourth-order valence-electron chi connectivity index (χ4n) is 4.31. The van der Waals surface area contributed by atoms with Crippen LogP contribution in [0.15, 0.2) is 40.1 Å². The average molecular weight is 512 g/mol. The second-order valence-electron chi connectivity index (χ2n) is 10.9. The Morgan fingerprint density at radius 2 is 1.80 bits per heavy atom. The molecule has 0 bridgehead atoms. The van der Waals surface area contributed by atoms with E-state index in [1.54, 1.807) is 15.9 Å². The van der Waals surface area contributed by atoms with Gasteiger partial charge in [-0.25, -0.2) is 4.79 Å². The van der Waals surface area contributed by atoms with Crippen molar-refractivity contribution >= 4 is 40.8 Å². The SMILES string of the molecule is CCc1sc2c(c1C)c(=O)n(CCO[Si](C)(C)C(C)(C)C)c(=O)n2Cc1ccc2ccn(C)c2c1. The summed E-state index contributed by atoms with van der Waals surface area (Å²) in [7, 11) is 0.0394. The van der Waals surface area contributed by atoms with Gasteiger partial charge in [0.05, 0.1) is 25.1 Å². The standard InChI is InChI=1S/C27H37N3O3SSi/c1-9-22-18(2)23-24(31)29(14-15-33-35(7,8)27(3,4)5)26(32)30(25(23)34-22)17-19-10-11-20-12-13-28(6)21(20)16-19/h10-13,16H,9,14-15,17H2,1-8H3. The van der Waals surface area contributed by atoms with Crippen LogP contribution in [0.3, 0.4) is 0 Å². The molecule has 6 nitrogen and oxygen atoms in total. The Morgan fingerprint density at radius 1 is 1.09 bits per heavy atom. The molecule has 3 heterocycles. The van der Waals surface area contributed by atoms with Crippen molar-refractivity contribution < 1.29 is 4.43 Å². The van der Waals surface area contributed by atoms with Crippen molar-refractivity contribution in [1.82, 2.24) is 13.7 Å². The van der Waals surface area contributed by atoms with Gasteiger partial charge in [-0.15, -0.1) is 11.3 Å². The van der Waals surface area contributed by atoms with E-state index in [2.05, 4.69) is 69.6 Å². The third-order valence-electron chi connectivity index (χ3n) is 7.59. The number of hydrogen-bond donors (Lipinski definition) is 0. The molecule has 0 N–H and O–H groups in total. The van der Waals surface area contributed by atoms with E-state index < -0.39 is 8.32 Å². The van der Waals surface area contributed by atoms with Crippen LogP contribution in [0.25, 0.3) is 21.1 Å². The zero-order chi connectivity index (χ0) is 25.7. The van der Waals surface area contributed by atoms with Crippen molar-refractivity contribution in [2.24, 2.45) is 7.05 Å². The topological polar surface area (TPSA) is 58.2 Å². The van der Waals surface area contributed by atoms with Crippen molar-refractivity contribution in [1.29, 1.82) is 0 Å². The summed E-state index contributed by atoms with van der Waals surface area (Å²) in [6, 6.07) is 8.37. The van der Waals surface area contributed by atoms with Crippen LogP contribution in [0.4, 0.5) is 0 Å². The minimum Gasteiger partial charge on any atom is -0.415 e. The van der Waals surface area contributed by atoms with Gasteiger partial charge in [-0.1, -0.05) is 39.8 Å². The lowest BCUT2D eigenvalue weighted by molar-refractivity contribution is 0.267. The smallest absolute Gasteiger partial charge is 0.332 e. The quantitative estimate of drug-likeness (QED) is 0.301. The lowest BCUT2D eigenvalue weighted by Gasteiger charge is -2.36. The summed E-state index contributed by atoms with van der Waals surface area (Å²) in [5.74, 6) is 0. The maximum absolute atomic E-state index is 13.7. The summed E-state index contributed by atoms with van der Waals surface area (Å²) in [4.78, 5) is 29.2. The van der Waals surface area contributed by atoms with Gasteiger partial charge in [0, 0.05) is 23.6 Å². The predicted molar refractivity (Wildman–Crippen MR) is 150 cm³/mol. The Balaban J connectivity index is 1.80. The van der Waals surface area contributed by atoms with Crippen molar-refractivity contribution in [3.63, 3.8) is 0 Å². The van der Waals surface area contributed by atoms with Gasteiger partial charge in [-0.2, -0.15) is 0 Å². The van der Waals surface area contributed by atoms with Crippen LogP contribution >= 0.6 is 11.3 Å². The number of aryl methyl sites for hydroxylation is 3. The zero-order valence-corrected chi connectivity index (χ0v) is 24.0. The van der Waals surface area contributed by atoms with Gasteiger partial charge < -0.3 is 8.99 Å². The van der Waals surface area contributed by atoms with Crippen LogP contribution in [0.2, 0.25) is 18.1 Å². The van der Waals surface area contributed by atoms with E-state index >= 15 is 0 Å². The van der Waals surface area contributed by atoms with E-state index in [0.717, 1.165) is 32.8 Å². The first kappa shape index (κ1) is 25.7. The van der Waals surface area contributed by atoms with Crippen LogP contribution in [0.5, 0.6) is 0 Å². The Hall–Kier alpha value is -2.42. The molecule has 1 aromatic carbocycles. The van der Waals surface area contributed by atoms with Crippen molar-refractivity contribution in [3.05, 3.63) is 67.3 Å². The second-order valence-corrected chi connectivity index (χ2v) is 16.8. The normalized spacial score (nSPS) is 12.8. The first-order valence-corrected chi connectivity index (χ1v) is 16.0. The number of nitrogens with zero attached hydrogens (tertiary/aromatic N) is 3. The lowest BCUT2D eigenvalue weighted by Crippen LogP contribution is -2.44. The van der Waals surface area contributed by atoms with Crippen LogP contribution < -0.4 is 11.2 Å². The molecule has 0 saturated heterocycles. The molecule has 0 atom stereocenters. The molecule has 8 heteroatoms.